The Morgan fingerprint density at radius 3 is 2.71 bits per heavy atom. The SMILES string of the molecule is CCNc1cc(F)cc2c1Cc1ncc(-c3cnc4ccnn4c3)c(-n3ccc(C(F)(F)F)n3)c1-2. The van der Waals surface area contributed by atoms with Gasteiger partial charge in [0.05, 0.1) is 17.6 Å². The second-order valence-electron chi connectivity index (χ2n) is 8.15. The van der Waals surface area contributed by atoms with Crippen LogP contribution in [0.15, 0.2) is 55.2 Å². The highest BCUT2D eigenvalue weighted by molar-refractivity contribution is 5.91. The topological polar surface area (TPSA) is 72.9 Å². The van der Waals surface area contributed by atoms with Crippen LogP contribution in [0.4, 0.5) is 23.2 Å². The zero-order valence-electron chi connectivity index (χ0n) is 18.3. The Morgan fingerprint density at radius 1 is 1.09 bits per heavy atom. The molecular weight excluding hydrogens is 462 g/mol. The third kappa shape index (κ3) is 3.42. The Labute approximate surface area is 196 Å². The number of hydrogen-bond donors (Lipinski definition) is 1. The molecule has 1 aliphatic rings. The van der Waals surface area contributed by atoms with Crippen molar-refractivity contribution < 1.29 is 17.6 Å². The summed E-state index contributed by atoms with van der Waals surface area (Å²) in [6.07, 6.45) is 3.55. The molecule has 0 unspecified atom stereocenters. The van der Waals surface area contributed by atoms with Crippen LogP contribution in [0.3, 0.4) is 0 Å². The number of halogens is 4. The lowest BCUT2D eigenvalue weighted by Gasteiger charge is -2.16. The first-order valence-electron chi connectivity index (χ1n) is 10.8. The Balaban J connectivity index is 1.65. The molecule has 0 fully saturated rings. The molecule has 35 heavy (non-hydrogen) atoms. The van der Waals surface area contributed by atoms with Gasteiger partial charge < -0.3 is 5.32 Å². The fourth-order valence-electron chi connectivity index (χ4n) is 4.52. The number of alkyl halides is 3. The van der Waals surface area contributed by atoms with E-state index in [4.69, 9.17) is 0 Å². The largest absolute Gasteiger partial charge is 0.435 e. The number of anilines is 1. The predicted octanol–water partition coefficient (Wildman–Crippen LogP) is 5.14. The van der Waals surface area contributed by atoms with Crippen LogP contribution in [-0.2, 0) is 12.6 Å². The molecule has 0 bridgehead atoms. The van der Waals surface area contributed by atoms with Crippen molar-refractivity contribution in [3.05, 3.63) is 78.0 Å². The standard InChI is InChI=1S/C24H17F4N7/c1-2-29-18-8-14(25)7-16-15(18)9-19-22(16)23(34-6-4-20(33-34)24(26,27)28)17(11-30-19)13-10-31-21-3-5-32-35(21)12-13/h3-8,10-12,29H,2,9H2,1H3. The van der Waals surface area contributed by atoms with Crippen molar-refractivity contribution in [1.29, 1.82) is 0 Å². The summed E-state index contributed by atoms with van der Waals surface area (Å²) < 4.78 is 57.6. The maximum Gasteiger partial charge on any atom is 0.435 e. The van der Waals surface area contributed by atoms with Gasteiger partial charge in [-0.3, -0.25) is 4.98 Å². The molecule has 0 saturated heterocycles. The van der Waals surface area contributed by atoms with E-state index in [1.807, 2.05) is 6.92 Å². The average molecular weight is 479 g/mol. The molecule has 176 valence electrons. The summed E-state index contributed by atoms with van der Waals surface area (Å²) in [7, 11) is 0. The molecule has 1 aliphatic carbocycles. The van der Waals surface area contributed by atoms with Crippen LogP contribution in [-0.4, -0.2) is 35.9 Å². The van der Waals surface area contributed by atoms with E-state index < -0.39 is 17.7 Å². The van der Waals surface area contributed by atoms with Gasteiger partial charge in [-0.2, -0.15) is 23.4 Å². The number of rotatable bonds is 4. The molecule has 7 nitrogen and oxygen atoms in total. The average Bonchev–Trinajstić information content (AvgIpc) is 3.56. The normalized spacial score (nSPS) is 12.7. The van der Waals surface area contributed by atoms with Gasteiger partial charge in [-0.05, 0) is 36.2 Å². The maximum atomic E-state index is 14.6. The summed E-state index contributed by atoms with van der Waals surface area (Å²) in [5.41, 5.74) is 4.21. The molecule has 6 rings (SSSR count). The van der Waals surface area contributed by atoms with Gasteiger partial charge in [-0.1, -0.05) is 0 Å². The van der Waals surface area contributed by atoms with E-state index in [0.717, 1.165) is 11.6 Å². The van der Waals surface area contributed by atoms with Crippen LogP contribution in [0.25, 0.3) is 33.6 Å². The quantitative estimate of drug-likeness (QED) is 0.355. The van der Waals surface area contributed by atoms with E-state index in [1.54, 1.807) is 35.4 Å². The highest BCUT2D eigenvalue weighted by Crippen LogP contribution is 2.46. The molecule has 4 aromatic heterocycles. The molecule has 0 amide bonds. The molecule has 5 aromatic rings. The fourth-order valence-corrected chi connectivity index (χ4v) is 4.52. The van der Waals surface area contributed by atoms with Crippen molar-refractivity contribution in [3.63, 3.8) is 0 Å². The first-order valence-corrected chi connectivity index (χ1v) is 10.8. The van der Waals surface area contributed by atoms with Crippen LogP contribution < -0.4 is 5.32 Å². The number of nitrogens with zero attached hydrogens (tertiary/aromatic N) is 6. The van der Waals surface area contributed by atoms with Crippen molar-refractivity contribution >= 4 is 11.3 Å². The summed E-state index contributed by atoms with van der Waals surface area (Å²) in [5, 5.41) is 11.2. The lowest BCUT2D eigenvalue weighted by molar-refractivity contribution is -0.141. The summed E-state index contributed by atoms with van der Waals surface area (Å²) in [5.74, 6) is -0.458. The fraction of sp³-hybridized carbons (Fsp3) is 0.167. The minimum absolute atomic E-state index is 0.366. The number of nitrogens with one attached hydrogen (secondary N) is 1. The number of aromatic nitrogens is 6. The number of hydrogen-bond acceptors (Lipinski definition) is 5. The summed E-state index contributed by atoms with van der Waals surface area (Å²) in [6, 6.07) is 5.45. The van der Waals surface area contributed by atoms with Crippen LogP contribution in [0, 0.1) is 5.82 Å². The molecule has 0 radical (unpaired) electrons. The van der Waals surface area contributed by atoms with E-state index in [2.05, 4.69) is 25.5 Å². The Kier molecular flexibility index (Phi) is 4.63. The smallest absolute Gasteiger partial charge is 0.385 e. The zero-order chi connectivity index (χ0) is 24.3. The monoisotopic (exact) mass is 479 g/mol. The van der Waals surface area contributed by atoms with Crippen molar-refractivity contribution in [1.82, 2.24) is 29.4 Å². The second-order valence-corrected chi connectivity index (χ2v) is 8.15. The van der Waals surface area contributed by atoms with Gasteiger partial charge >= 0.3 is 6.18 Å². The zero-order valence-corrected chi connectivity index (χ0v) is 18.3. The van der Waals surface area contributed by atoms with Gasteiger partial charge in [0.15, 0.2) is 11.3 Å². The van der Waals surface area contributed by atoms with Gasteiger partial charge in [0.25, 0.3) is 0 Å². The molecule has 4 heterocycles. The van der Waals surface area contributed by atoms with Crippen molar-refractivity contribution in [2.45, 2.75) is 19.5 Å². The number of fused-ring (bicyclic) bond motifs is 4. The Bertz CT molecular complexity index is 1600. The Hall–Kier alpha value is -4.28. The Morgan fingerprint density at radius 2 is 1.94 bits per heavy atom. The molecule has 1 N–H and O–H groups in total. The highest BCUT2D eigenvalue weighted by atomic mass is 19.4. The van der Waals surface area contributed by atoms with Crippen LogP contribution in [0.1, 0.15) is 23.9 Å². The number of benzene rings is 1. The molecule has 1 aromatic carbocycles. The van der Waals surface area contributed by atoms with Gasteiger partial charge in [-0.25, -0.2) is 18.6 Å². The molecule has 0 saturated carbocycles. The third-order valence-electron chi connectivity index (χ3n) is 5.99. The molecule has 0 aliphatic heterocycles. The van der Waals surface area contributed by atoms with Crippen LogP contribution in [0.2, 0.25) is 0 Å². The first-order chi connectivity index (χ1) is 16.8. The number of pyridine rings is 1. The maximum absolute atomic E-state index is 14.6. The second kappa shape index (κ2) is 7.62. The minimum atomic E-state index is -4.61. The van der Waals surface area contributed by atoms with Gasteiger partial charge in [0.2, 0.25) is 0 Å². The first kappa shape index (κ1) is 21.3. The molecule has 0 atom stereocenters. The van der Waals surface area contributed by atoms with E-state index in [-0.39, 0.29) is 0 Å². The highest BCUT2D eigenvalue weighted by Gasteiger charge is 2.35. The third-order valence-corrected chi connectivity index (χ3v) is 5.99. The molecular formula is C24H17F4N7. The lowest BCUT2D eigenvalue weighted by atomic mass is 9.99. The van der Waals surface area contributed by atoms with Gasteiger partial charge in [0.1, 0.15) is 5.82 Å². The van der Waals surface area contributed by atoms with Gasteiger partial charge in [0, 0.05) is 66.2 Å². The molecule has 0 spiro atoms. The minimum Gasteiger partial charge on any atom is -0.385 e. The van der Waals surface area contributed by atoms with Crippen molar-refractivity contribution in [2.24, 2.45) is 0 Å². The van der Waals surface area contributed by atoms with E-state index in [9.17, 15) is 17.6 Å². The van der Waals surface area contributed by atoms with Crippen molar-refractivity contribution in [3.8, 4) is 27.9 Å². The summed E-state index contributed by atoms with van der Waals surface area (Å²) in [6.45, 7) is 2.49. The van der Waals surface area contributed by atoms with Crippen molar-refractivity contribution in [2.75, 3.05) is 11.9 Å². The van der Waals surface area contributed by atoms with Gasteiger partial charge in [-0.15, -0.1) is 0 Å². The summed E-state index contributed by atoms with van der Waals surface area (Å²) in [4.78, 5) is 9.00. The van der Waals surface area contributed by atoms with Crippen LogP contribution in [0.5, 0.6) is 0 Å². The predicted molar refractivity (Wildman–Crippen MR) is 121 cm³/mol. The van der Waals surface area contributed by atoms with E-state index in [1.165, 1.54) is 23.0 Å². The van der Waals surface area contributed by atoms with E-state index in [0.29, 0.717) is 57.9 Å². The van der Waals surface area contributed by atoms with E-state index >= 15 is 0 Å². The van der Waals surface area contributed by atoms with Crippen LogP contribution >= 0.6 is 0 Å². The lowest BCUT2D eigenvalue weighted by Crippen LogP contribution is -2.09. The summed E-state index contributed by atoms with van der Waals surface area (Å²) >= 11 is 0. The molecule has 11 heteroatoms.